The maximum absolute atomic E-state index is 4.68. The first kappa shape index (κ1) is 16.9. The van der Waals surface area contributed by atoms with E-state index >= 15 is 0 Å². The number of pyridine rings is 1. The Labute approximate surface area is 154 Å². The van der Waals surface area contributed by atoms with Gasteiger partial charge in [-0.15, -0.1) is 0 Å². The summed E-state index contributed by atoms with van der Waals surface area (Å²) in [6.45, 7) is 9.11. The van der Waals surface area contributed by atoms with Crippen LogP contribution in [0.1, 0.15) is 12.0 Å². The second-order valence-electron chi connectivity index (χ2n) is 7.05. The quantitative estimate of drug-likeness (QED) is 0.834. The smallest absolute Gasteiger partial charge is 0.147 e. The maximum atomic E-state index is 4.68. The number of hydrogen-bond donors (Lipinski definition) is 0. The molecule has 0 atom stereocenters. The molecule has 132 valence electrons. The van der Waals surface area contributed by atoms with Crippen LogP contribution in [0.25, 0.3) is 0 Å². The first-order valence-corrected chi connectivity index (χ1v) is 9.94. The van der Waals surface area contributed by atoms with E-state index in [0.717, 1.165) is 18.8 Å². The van der Waals surface area contributed by atoms with Gasteiger partial charge in [0.05, 0.1) is 10.6 Å². The van der Waals surface area contributed by atoms with Crippen molar-refractivity contribution in [2.45, 2.75) is 23.1 Å². The van der Waals surface area contributed by atoms with Gasteiger partial charge >= 0.3 is 0 Å². The highest BCUT2D eigenvalue weighted by Crippen LogP contribution is 2.47. The maximum Gasteiger partial charge on any atom is 0.147 e. The largest absolute Gasteiger partial charge is 0.324 e. The van der Waals surface area contributed by atoms with E-state index in [1.807, 2.05) is 24.0 Å². The highest BCUT2D eigenvalue weighted by atomic mass is 32.2. The molecule has 2 aliphatic heterocycles. The summed E-state index contributed by atoms with van der Waals surface area (Å²) in [5.74, 6) is 1.11. The Kier molecular flexibility index (Phi) is 4.97. The van der Waals surface area contributed by atoms with Gasteiger partial charge in [0.15, 0.2) is 0 Å². The van der Waals surface area contributed by atoms with Crippen molar-refractivity contribution in [3.63, 3.8) is 0 Å². The summed E-state index contributed by atoms with van der Waals surface area (Å²) in [6.07, 6.45) is 3.07. The summed E-state index contributed by atoms with van der Waals surface area (Å²) in [5, 5.41) is 0. The summed E-state index contributed by atoms with van der Waals surface area (Å²) < 4.78 is 0. The first-order valence-electron chi connectivity index (χ1n) is 9.13. The van der Waals surface area contributed by atoms with Gasteiger partial charge in [-0.2, -0.15) is 0 Å². The standard InChI is InChI=1S/C20H26N4S/c1-16-6-7-17-19(15-16)25-18-5-3-8-21-20(18)24(17)10-4-9-23-13-11-22(2)12-14-23/h3,5-8,15H,4,9-14H2,1-2H3. The van der Waals surface area contributed by atoms with E-state index in [1.165, 1.54) is 53.8 Å². The molecule has 0 saturated carbocycles. The minimum Gasteiger partial charge on any atom is -0.324 e. The van der Waals surface area contributed by atoms with Gasteiger partial charge in [0, 0.05) is 43.8 Å². The van der Waals surface area contributed by atoms with Gasteiger partial charge < -0.3 is 14.7 Å². The average molecular weight is 355 g/mol. The first-order chi connectivity index (χ1) is 12.2. The fraction of sp³-hybridized carbons (Fsp3) is 0.450. The third-order valence-corrected chi connectivity index (χ3v) is 6.17. The van der Waals surface area contributed by atoms with Crippen molar-refractivity contribution in [1.82, 2.24) is 14.8 Å². The van der Waals surface area contributed by atoms with E-state index in [9.17, 15) is 0 Å². The van der Waals surface area contributed by atoms with Crippen LogP contribution >= 0.6 is 11.8 Å². The Morgan fingerprint density at radius 2 is 1.88 bits per heavy atom. The number of nitrogens with zero attached hydrogens (tertiary/aromatic N) is 4. The molecule has 1 aromatic carbocycles. The zero-order chi connectivity index (χ0) is 17.2. The van der Waals surface area contributed by atoms with Crippen LogP contribution in [0.5, 0.6) is 0 Å². The Balaban J connectivity index is 1.49. The Hall–Kier alpha value is -1.56. The summed E-state index contributed by atoms with van der Waals surface area (Å²) in [5.41, 5.74) is 2.62. The molecule has 0 radical (unpaired) electrons. The molecule has 4 rings (SSSR count). The lowest BCUT2D eigenvalue weighted by atomic mass is 10.2. The molecule has 1 saturated heterocycles. The lowest BCUT2D eigenvalue weighted by molar-refractivity contribution is 0.153. The van der Waals surface area contributed by atoms with Gasteiger partial charge in [-0.1, -0.05) is 17.8 Å². The normalized spacial score (nSPS) is 18.1. The van der Waals surface area contributed by atoms with E-state index in [0.29, 0.717) is 0 Å². The molecular weight excluding hydrogens is 328 g/mol. The van der Waals surface area contributed by atoms with E-state index in [2.05, 4.69) is 57.9 Å². The molecule has 2 aliphatic rings. The van der Waals surface area contributed by atoms with Crippen LogP contribution in [0.2, 0.25) is 0 Å². The molecular formula is C20H26N4S. The fourth-order valence-electron chi connectivity index (χ4n) is 3.57. The summed E-state index contributed by atoms with van der Waals surface area (Å²) in [4.78, 5) is 14.7. The molecule has 0 bridgehead atoms. The van der Waals surface area contributed by atoms with E-state index in [-0.39, 0.29) is 0 Å². The van der Waals surface area contributed by atoms with Crippen LogP contribution in [0, 0.1) is 6.92 Å². The second-order valence-corrected chi connectivity index (χ2v) is 8.13. The predicted octanol–water partition coefficient (Wildman–Crippen LogP) is 3.63. The number of aryl methyl sites for hydroxylation is 1. The van der Waals surface area contributed by atoms with Crippen LogP contribution in [0.3, 0.4) is 0 Å². The molecule has 0 unspecified atom stereocenters. The Bertz CT molecular complexity index is 740. The number of fused-ring (bicyclic) bond motifs is 2. The number of benzene rings is 1. The predicted molar refractivity (Wildman–Crippen MR) is 105 cm³/mol. The van der Waals surface area contributed by atoms with Crippen molar-refractivity contribution < 1.29 is 0 Å². The molecule has 5 heteroatoms. The van der Waals surface area contributed by atoms with Gasteiger partial charge in [0.2, 0.25) is 0 Å². The lowest BCUT2D eigenvalue weighted by Gasteiger charge is -2.34. The second kappa shape index (κ2) is 7.36. The highest BCUT2D eigenvalue weighted by molar-refractivity contribution is 7.99. The molecule has 0 aliphatic carbocycles. The molecule has 0 spiro atoms. The third-order valence-electron chi connectivity index (χ3n) is 5.08. The number of rotatable bonds is 4. The number of likely N-dealkylation sites (N-methyl/N-ethyl adjacent to an activating group) is 1. The van der Waals surface area contributed by atoms with Crippen molar-refractivity contribution >= 4 is 23.3 Å². The van der Waals surface area contributed by atoms with Crippen LogP contribution in [-0.4, -0.2) is 61.1 Å². The molecule has 0 N–H and O–H groups in total. The third kappa shape index (κ3) is 3.68. The Morgan fingerprint density at radius 1 is 1.04 bits per heavy atom. The minimum absolute atomic E-state index is 1.02. The van der Waals surface area contributed by atoms with Crippen molar-refractivity contribution in [2.24, 2.45) is 0 Å². The summed E-state index contributed by atoms with van der Waals surface area (Å²) in [7, 11) is 2.21. The van der Waals surface area contributed by atoms with Gasteiger partial charge in [0.25, 0.3) is 0 Å². The van der Waals surface area contributed by atoms with Crippen molar-refractivity contribution in [2.75, 3.05) is 51.2 Å². The number of aromatic nitrogens is 1. The Morgan fingerprint density at radius 3 is 2.72 bits per heavy atom. The summed E-state index contributed by atoms with van der Waals surface area (Å²) >= 11 is 1.84. The zero-order valence-electron chi connectivity index (χ0n) is 15.1. The van der Waals surface area contributed by atoms with Crippen molar-refractivity contribution in [3.8, 4) is 0 Å². The number of anilines is 2. The monoisotopic (exact) mass is 354 g/mol. The highest BCUT2D eigenvalue weighted by Gasteiger charge is 2.24. The van der Waals surface area contributed by atoms with E-state index in [4.69, 9.17) is 0 Å². The average Bonchev–Trinajstić information content (AvgIpc) is 2.62. The molecule has 4 nitrogen and oxygen atoms in total. The van der Waals surface area contributed by atoms with Crippen LogP contribution in [-0.2, 0) is 0 Å². The van der Waals surface area contributed by atoms with E-state index in [1.54, 1.807) is 0 Å². The molecule has 0 amide bonds. The summed E-state index contributed by atoms with van der Waals surface area (Å²) in [6, 6.07) is 11.0. The van der Waals surface area contributed by atoms with Crippen molar-refractivity contribution in [3.05, 3.63) is 42.1 Å². The lowest BCUT2D eigenvalue weighted by Crippen LogP contribution is -2.45. The van der Waals surface area contributed by atoms with Crippen LogP contribution < -0.4 is 4.90 Å². The zero-order valence-corrected chi connectivity index (χ0v) is 15.9. The number of hydrogen-bond acceptors (Lipinski definition) is 5. The molecule has 25 heavy (non-hydrogen) atoms. The van der Waals surface area contributed by atoms with Gasteiger partial charge in [-0.25, -0.2) is 4.98 Å². The molecule has 1 fully saturated rings. The fourth-order valence-corrected chi connectivity index (χ4v) is 4.74. The van der Waals surface area contributed by atoms with Crippen LogP contribution in [0.4, 0.5) is 11.5 Å². The van der Waals surface area contributed by atoms with Gasteiger partial charge in [-0.05, 0) is 56.8 Å². The minimum atomic E-state index is 1.02. The molecule has 1 aromatic heterocycles. The van der Waals surface area contributed by atoms with Gasteiger partial charge in [0.1, 0.15) is 5.82 Å². The van der Waals surface area contributed by atoms with Gasteiger partial charge in [-0.3, -0.25) is 0 Å². The van der Waals surface area contributed by atoms with Crippen molar-refractivity contribution in [1.29, 1.82) is 0 Å². The SMILES string of the molecule is Cc1ccc2c(c1)Sc1cccnc1N2CCCN1CCN(C)CC1. The molecule has 2 aromatic rings. The van der Waals surface area contributed by atoms with E-state index < -0.39 is 0 Å². The topological polar surface area (TPSA) is 22.6 Å². The number of piperazine rings is 1. The van der Waals surface area contributed by atoms with Crippen LogP contribution in [0.15, 0.2) is 46.3 Å². The molecule has 3 heterocycles.